The molecule has 0 amide bonds. The van der Waals surface area contributed by atoms with Gasteiger partial charge in [-0.15, -0.1) is 0 Å². The highest BCUT2D eigenvalue weighted by Gasteiger charge is 1.98. The van der Waals surface area contributed by atoms with E-state index in [4.69, 9.17) is 5.26 Å². The lowest BCUT2D eigenvalue weighted by Crippen LogP contribution is -2.08. The number of nitrogens with one attached hydrogen (secondary N) is 2. The molecule has 0 aliphatic carbocycles. The number of rotatable bonds is 6. The van der Waals surface area contributed by atoms with Gasteiger partial charge < -0.3 is 10.6 Å². The van der Waals surface area contributed by atoms with Crippen LogP contribution in [0.3, 0.4) is 0 Å². The average molecular weight is 267 g/mol. The van der Waals surface area contributed by atoms with E-state index in [0.717, 1.165) is 18.8 Å². The Morgan fingerprint density at radius 1 is 1.15 bits per heavy atom. The quantitative estimate of drug-likeness (QED) is 0.786. The van der Waals surface area contributed by atoms with E-state index in [1.54, 1.807) is 6.07 Å². The van der Waals surface area contributed by atoms with Crippen molar-refractivity contribution in [2.24, 2.45) is 0 Å². The third kappa shape index (κ3) is 4.25. The maximum atomic E-state index is 8.52. The van der Waals surface area contributed by atoms with E-state index in [1.807, 2.05) is 6.07 Å². The monoisotopic (exact) mass is 267 g/mol. The van der Waals surface area contributed by atoms with Crippen LogP contribution in [0.1, 0.15) is 11.1 Å². The van der Waals surface area contributed by atoms with Gasteiger partial charge in [0.05, 0.1) is 6.07 Å². The molecule has 0 saturated carbocycles. The Morgan fingerprint density at radius 3 is 2.70 bits per heavy atom. The Hall–Kier alpha value is -2.61. The molecule has 2 rings (SSSR count). The summed E-state index contributed by atoms with van der Waals surface area (Å²) >= 11 is 0. The highest BCUT2D eigenvalue weighted by atomic mass is 15.1. The zero-order valence-electron chi connectivity index (χ0n) is 11.4. The van der Waals surface area contributed by atoms with E-state index in [0.29, 0.717) is 5.82 Å². The van der Waals surface area contributed by atoms with Crippen LogP contribution in [-0.2, 0) is 6.42 Å². The molecular weight excluding hydrogens is 250 g/mol. The minimum atomic E-state index is 0.236. The van der Waals surface area contributed by atoms with Crippen molar-refractivity contribution in [3.8, 4) is 6.07 Å². The fourth-order valence-electron chi connectivity index (χ4n) is 1.88. The number of nitrogens with zero attached hydrogens (tertiary/aromatic N) is 3. The third-order valence-electron chi connectivity index (χ3n) is 2.82. The summed E-state index contributed by atoms with van der Waals surface area (Å²) in [5.41, 5.74) is 2.57. The van der Waals surface area contributed by atoms with Gasteiger partial charge in [0.15, 0.2) is 0 Å². The van der Waals surface area contributed by atoms with Crippen LogP contribution in [0.5, 0.6) is 0 Å². The Balaban J connectivity index is 1.86. The van der Waals surface area contributed by atoms with Crippen molar-refractivity contribution in [1.82, 2.24) is 9.97 Å². The van der Waals surface area contributed by atoms with Gasteiger partial charge in [-0.3, -0.25) is 0 Å². The summed E-state index contributed by atoms with van der Waals surface area (Å²) < 4.78 is 0. The standard InChI is InChI=1S/C15H17N5/c1-12-3-2-4-13(9-12)5-7-17-14-10-15(18-8-6-16)20-11-19-14/h2-4,9-11H,5,7-8H2,1H3,(H2,17,18,19,20). The molecule has 0 saturated heterocycles. The van der Waals surface area contributed by atoms with Crippen molar-refractivity contribution < 1.29 is 0 Å². The first-order valence-electron chi connectivity index (χ1n) is 6.50. The van der Waals surface area contributed by atoms with Gasteiger partial charge in [-0.25, -0.2) is 9.97 Å². The van der Waals surface area contributed by atoms with Crippen molar-refractivity contribution in [2.75, 3.05) is 23.7 Å². The molecule has 0 spiro atoms. The largest absolute Gasteiger partial charge is 0.370 e. The van der Waals surface area contributed by atoms with E-state index < -0.39 is 0 Å². The molecule has 0 atom stereocenters. The summed E-state index contributed by atoms with van der Waals surface area (Å²) in [6.07, 6.45) is 2.42. The molecule has 102 valence electrons. The molecule has 0 aliphatic rings. The molecular formula is C15H17N5. The summed E-state index contributed by atoms with van der Waals surface area (Å²) in [6, 6.07) is 12.3. The Bertz CT molecular complexity index is 603. The van der Waals surface area contributed by atoms with Crippen molar-refractivity contribution in [1.29, 1.82) is 5.26 Å². The molecule has 0 fully saturated rings. The van der Waals surface area contributed by atoms with Crippen molar-refractivity contribution in [3.63, 3.8) is 0 Å². The highest BCUT2D eigenvalue weighted by Crippen LogP contribution is 2.09. The molecule has 0 radical (unpaired) electrons. The number of aromatic nitrogens is 2. The van der Waals surface area contributed by atoms with Gasteiger partial charge in [-0.1, -0.05) is 29.8 Å². The normalized spacial score (nSPS) is 9.80. The lowest BCUT2D eigenvalue weighted by molar-refractivity contribution is 0.996. The smallest absolute Gasteiger partial charge is 0.132 e. The van der Waals surface area contributed by atoms with Crippen LogP contribution < -0.4 is 10.6 Å². The van der Waals surface area contributed by atoms with Crippen molar-refractivity contribution in [2.45, 2.75) is 13.3 Å². The van der Waals surface area contributed by atoms with Crippen LogP contribution in [0.4, 0.5) is 11.6 Å². The SMILES string of the molecule is Cc1cccc(CCNc2cc(NCC#N)ncn2)c1. The molecule has 0 aliphatic heterocycles. The lowest BCUT2D eigenvalue weighted by atomic mass is 10.1. The van der Waals surface area contributed by atoms with E-state index >= 15 is 0 Å². The zero-order chi connectivity index (χ0) is 14.2. The van der Waals surface area contributed by atoms with Crippen LogP contribution in [0.25, 0.3) is 0 Å². The fraction of sp³-hybridized carbons (Fsp3) is 0.267. The fourth-order valence-corrected chi connectivity index (χ4v) is 1.88. The topological polar surface area (TPSA) is 73.6 Å². The minimum absolute atomic E-state index is 0.236. The molecule has 2 N–H and O–H groups in total. The summed E-state index contributed by atoms with van der Waals surface area (Å²) in [5.74, 6) is 1.41. The van der Waals surface area contributed by atoms with Gasteiger partial charge >= 0.3 is 0 Å². The predicted molar refractivity (Wildman–Crippen MR) is 79.5 cm³/mol. The van der Waals surface area contributed by atoms with Crippen molar-refractivity contribution >= 4 is 11.6 Å². The number of nitriles is 1. The molecule has 1 aromatic carbocycles. The second kappa shape index (κ2) is 7.10. The summed E-state index contributed by atoms with van der Waals surface area (Å²) in [6.45, 7) is 3.13. The number of anilines is 2. The molecule has 5 nitrogen and oxygen atoms in total. The Morgan fingerprint density at radius 2 is 1.95 bits per heavy atom. The van der Waals surface area contributed by atoms with Crippen LogP contribution in [-0.4, -0.2) is 23.1 Å². The molecule has 2 aromatic rings. The van der Waals surface area contributed by atoms with Gasteiger partial charge in [-0.05, 0) is 18.9 Å². The lowest BCUT2D eigenvalue weighted by Gasteiger charge is -2.07. The van der Waals surface area contributed by atoms with Gasteiger partial charge in [0, 0.05) is 12.6 Å². The number of hydrogen-bond acceptors (Lipinski definition) is 5. The maximum Gasteiger partial charge on any atom is 0.132 e. The highest BCUT2D eigenvalue weighted by molar-refractivity contribution is 5.46. The van der Waals surface area contributed by atoms with E-state index in [-0.39, 0.29) is 6.54 Å². The Labute approximate surface area is 118 Å². The molecule has 20 heavy (non-hydrogen) atoms. The first-order valence-corrected chi connectivity index (χ1v) is 6.50. The maximum absolute atomic E-state index is 8.52. The Kier molecular flexibility index (Phi) is 4.90. The van der Waals surface area contributed by atoms with Gasteiger partial charge in [0.1, 0.15) is 24.5 Å². The van der Waals surface area contributed by atoms with Gasteiger partial charge in [0.2, 0.25) is 0 Å². The van der Waals surface area contributed by atoms with Crippen LogP contribution in [0.2, 0.25) is 0 Å². The van der Waals surface area contributed by atoms with Gasteiger partial charge in [-0.2, -0.15) is 5.26 Å². The average Bonchev–Trinajstić information content (AvgIpc) is 2.46. The number of aryl methyl sites for hydroxylation is 1. The van der Waals surface area contributed by atoms with E-state index in [1.165, 1.54) is 17.5 Å². The first-order chi connectivity index (χ1) is 9.78. The minimum Gasteiger partial charge on any atom is -0.370 e. The van der Waals surface area contributed by atoms with Crippen molar-refractivity contribution in [3.05, 3.63) is 47.8 Å². The molecule has 1 aromatic heterocycles. The van der Waals surface area contributed by atoms with Crippen LogP contribution in [0.15, 0.2) is 36.7 Å². The predicted octanol–water partition coefficient (Wildman–Crippen LogP) is 2.38. The summed E-state index contributed by atoms with van der Waals surface area (Å²) in [5, 5.41) is 14.7. The zero-order valence-corrected chi connectivity index (χ0v) is 11.4. The number of hydrogen-bond donors (Lipinski definition) is 2. The molecule has 1 heterocycles. The molecule has 0 unspecified atom stereocenters. The summed E-state index contributed by atoms with van der Waals surface area (Å²) in [7, 11) is 0. The van der Waals surface area contributed by atoms with E-state index in [9.17, 15) is 0 Å². The second-order valence-electron chi connectivity index (χ2n) is 4.47. The first kappa shape index (κ1) is 13.8. The molecule has 0 bridgehead atoms. The third-order valence-corrected chi connectivity index (χ3v) is 2.82. The van der Waals surface area contributed by atoms with Gasteiger partial charge in [0.25, 0.3) is 0 Å². The van der Waals surface area contributed by atoms with Crippen LogP contribution >= 0.6 is 0 Å². The number of benzene rings is 1. The van der Waals surface area contributed by atoms with Crippen LogP contribution in [0, 0.1) is 18.3 Å². The second-order valence-corrected chi connectivity index (χ2v) is 4.47. The van der Waals surface area contributed by atoms with E-state index in [2.05, 4.69) is 51.8 Å². The molecule has 5 heteroatoms. The summed E-state index contributed by atoms with van der Waals surface area (Å²) in [4.78, 5) is 8.19.